The number of aromatic amines is 1. The van der Waals surface area contributed by atoms with Gasteiger partial charge in [-0.3, -0.25) is 0 Å². The maximum absolute atomic E-state index is 5.92. The van der Waals surface area contributed by atoms with Crippen molar-refractivity contribution < 1.29 is 4.74 Å². The molecule has 0 saturated carbocycles. The van der Waals surface area contributed by atoms with Gasteiger partial charge in [0.25, 0.3) is 0 Å². The molecule has 3 aromatic carbocycles. The molecule has 0 fully saturated rings. The molecule has 0 amide bonds. The van der Waals surface area contributed by atoms with E-state index in [1.807, 2.05) is 48.7 Å². The van der Waals surface area contributed by atoms with Crippen LogP contribution in [0.1, 0.15) is 5.56 Å². The van der Waals surface area contributed by atoms with Gasteiger partial charge in [0.1, 0.15) is 11.5 Å². The van der Waals surface area contributed by atoms with Crippen molar-refractivity contribution in [3.63, 3.8) is 0 Å². The lowest BCUT2D eigenvalue weighted by Gasteiger charge is -2.09. The second-order valence-corrected chi connectivity index (χ2v) is 7.15. The van der Waals surface area contributed by atoms with Gasteiger partial charge in [-0.05, 0) is 47.5 Å². The van der Waals surface area contributed by atoms with Gasteiger partial charge in [0.05, 0.1) is 18.2 Å². The number of aromatic nitrogens is 2. The first-order chi connectivity index (χ1) is 13.3. The van der Waals surface area contributed by atoms with Gasteiger partial charge in [-0.25, -0.2) is 4.98 Å². The predicted octanol–water partition coefficient (Wildman–Crippen LogP) is 5.74. The number of anilines is 1. The van der Waals surface area contributed by atoms with Crippen LogP contribution in [0, 0.1) is 0 Å². The minimum Gasteiger partial charge on any atom is -0.457 e. The Kier molecular flexibility index (Phi) is 5.12. The molecule has 1 heterocycles. The van der Waals surface area contributed by atoms with Crippen molar-refractivity contribution in [2.45, 2.75) is 10.6 Å². The van der Waals surface area contributed by atoms with Crippen LogP contribution < -0.4 is 10.5 Å². The highest BCUT2D eigenvalue weighted by Gasteiger charge is 2.04. The summed E-state index contributed by atoms with van der Waals surface area (Å²) in [7, 11) is 0. The second kappa shape index (κ2) is 8.01. The molecule has 0 aliphatic heterocycles. The third-order valence-corrected chi connectivity index (χ3v) is 5.11. The lowest BCUT2D eigenvalue weighted by Crippen LogP contribution is -1.88. The average Bonchev–Trinajstić information content (AvgIpc) is 3.22. The summed E-state index contributed by atoms with van der Waals surface area (Å²) < 4.78 is 5.92. The smallest absolute Gasteiger partial charge is 0.129 e. The summed E-state index contributed by atoms with van der Waals surface area (Å²) in [6, 6.07) is 24.0. The van der Waals surface area contributed by atoms with Crippen molar-refractivity contribution in [3.05, 3.63) is 90.9 Å². The molecule has 4 rings (SSSR count). The number of nitrogens with two attached hydrogens (primary N) is 1. The number of hydrogen-bond donors (Lipinski definition) is 2. The number of thioether (sulfide) groups is 1. The summed E-state index contributed by atoms with van der Waals surface area (Å²) in [4.78, 5) is 8.39. The Balaban J connectivity index is 1.44. The first-order valence-electron chi connectivity index (χ1n) is 8.60. The van der Waals surface area contributed by atoms with Gasteiger partial charge in [0, 0.05) is 22.4 Å². The summed E-state index contributed by atoms with van der Waals surface area (Å²) in [5.41, 5.74) is 9.93. The third kappa shape index (κ3) is 4.51. The molecule has 5 heteroatoms. The first kappa shape index (κ1) is 17.2. The Bertz CT molecular complexity index is 1030. The zero-order valence-corrected chi connectivity index (χ0v) is 15.4. The van der Waals surface area contributed by atoms with E-state index in [1.54, 1.807) is 18.1 Å². The number of H-pyrrole nitrogens is 1. The Morgan fingerprint density at radius 3 is 2.56 bits per heavy atom. The lowest BCUT2D eigenvalue weighted by molar-refractivity contribution is 0.481. The van der Waals surface area contributed by atoms with E-state index in [-0.39, 0.29) is 0 Å². The third-order valence-electron chi connectivity index (χ3n) is 4.04. The molecule has 27 heavy (non-hydrogen) atoms. The Morgan fingerprint density at radius 2 is 1.74 bits per heavy atom. The fourth-order valence-electron chi connectivity index (χ4n) is 2.75. The molecule has 0 saturated heterocycles. The highest BCUT2D eigenvalue weighted by molar-refractivity contribution is 7.98. The van der Waals surface area contributed by atoms with Crippen LogP contribution in [0.15, 0.2) is 90.2 Å². The first-order valence-corrected chi connectivity index (χ1v) is 9.59. The Morgan fingerprint density at radius 1 is 0.926 bits per heavy atom. The van der Waals surface area contributed by atoms with Gasteiger partial charge in [-0.2, -0.15) is 0 Å². The largest absolute Gasteiger partial charge is 0.457 e. The van der Waals surface area contributed by atoms with E-state index in [9.17, 15) is 0 Å². The van der Waals surface area contributed by atoms with E-state index < -0.39 is 0 Å². The number of nitrogen functional groups attached to an aromatic ring is 1. The van der Waals surface area contributed by atoms with Gasteiger partial charge >= 0.3 is 0 Å². The number of nitrogens with one attached hydrogen (secondary N) is 1. The van der Waals surface area contributed by atoms with Crippen molar-refractivity contribution in [2.75, 3.05) is 5.73 Å². The number of imidazole rings is 1. The zero-order valence-electron chi connectivity index (χ0n) is 14.6. The summed E-state index contributed by atoms with van der Waals surface area (Å²) >= 11 is 1.78. The standard InChI is InChI=1S/C22H19N3OS/c23-18-6-2-7-19(11-18)26-20-8-3-9-21(12-20)27-14-16-4-1-5-17(10-16)22-13-24-15-25-22/h1-13,15H,14,23H2,(H,24,25). The predicted molar refractivity (Wildman–Crippen MR) is 111 cm³/mol. The topological polar surface area (TPSA) is 63.9 Å². The maximum atomic E-state index is 5.92. The Hall–Kier alpha value is -3.18. The molecule has 3 N–H and O–H groups in total. The van der Waals surface area contributed by atoms with Crippen molar-refractivity contribution in [2.24, 2.45) is 0 Å². The summed E-state index contributed by atoms with van der Waals surface area (Å²) in [5, 5.41) is 0. The quantitative estimate of drug-likeness (QED) is 0.334. The zero-order chi connectivity index (χ0) is 18.5. The Labute approximate surface area is 162 Å². The molecule has 0 spiro atoms. The average molecular weight is 373 g/mol. The molecule has 0 bridgehead atoms. The molecular formula is C22H19N3OS. The summed E-state index contributed by atoms with van der Waals surface area (Å²) in [6.07, 6.45) is 3.53. The molecule has 0 unspecified atom stereocenters. The number of nitrogens with zero attached hydrogens (tertiary/aromatic N) is 1. The number of hydrogen-bond acceptors (Lipinski definition) is 4. The molecule has 1 aromatic heterocycles. The molecule has 0 aliphatic rings. The van der Waals surface area contributed by atoms with E-state index in [0.29, 0.717) is 5.69 Å². The molecule has 0 radical (unpaired) electrons. The summed E-state index contributed by atoms with van der Waals surface area (Å²) in [5.74, 6) is 2.42. The molecule has 4 aromatic rings. The van der Waals surface area contributed by atoms with Crippen molar-refractivity contribution in [1.82, 2.24) is 9.97 Å². The minimum absolute atomic E-state index is 0.690. The molecule has 0 atom stereocenters. The van der Waals surface area contributed by atoms with Gasteiger partial charge < -0.3 is 15.5 Å². The fourth-order valence-corrected chi connectivity index (χ4v) is 3.64. The number of ether oxygens (including phenoxy) is 1. The van der Waals surface area contributed by atoms with Crippen molar-refractivity contribution in [3.8, 4) is 22.8 Å². The van der Waals surface area contributed by atoms with Crippen LogP contribution >= 0.6 is 11.8 Å². The highest BCUT2D eigenvalue weighted by Crippen LogP contribution is 2.30. The number of benzene rings is 3. The van der Waals surface area contributed by atoms with Gasteiger partial charge in [-0.1, -0.05) is 30.3 Å². The summed E-state index contributed by atoms with van der Waals surface area (Å²) in [6.45, 7) is 0. The SMILES string of the molecule is Nc1cccc(Oc2cccc(SCc3cccc(-c4cnc[nH]4)c3)c2)c1. The van der Waals surface area contributed by atoms with Crippen LogP contribution in [0.3, 0.4) is 0 Å². The van der Waals surface area contributed by atoms with Gasteiger partial charge in [0.15, 0.2) is 0 Å². The van der Waals surface area contributed by atoms with E-state index in [4.69, 9.17) is 10.5 Å². The van der Waals surface area contributed by atoms with Crippen LogP contribution in [-0.2, 0) is 5.75 Å². The van der Waals surface area contributed by atoms with E-state index in [0.717, 1.165) is 33.4 Å². The minimum atomic E-state index is 0.690. The van der Waals surface area contributed by atoms with E-state index in [2.05, 4.69) is 40.3 Å². The van der Waals surface area contributed by atoms with Crippen LogP contribution in [0.4, 0.5) is 5.69 Å². The maximum Gasteiger partial charge on any atom is 0.129 e. The molecule has 4 nitrogen and oxygen atoms in total. The van der Waals surface area contributed by atoms with Crippen molar-refractivity contribution in [1.29, 1.82) is 0 Å². The lowest BCUT2D eigenvalue weighted by atomic mass is 10.1. The van der Waals surface area contributed by atoms with Crippen LogP contribution in [0.25, 0.3) is 11.3 Å². The van der Waals surface area contributed by atoms with E-state index in [1.165, 1.54) is 5.56 Å². The van der Waals surface area contributed by atoms with Crippen molar-refractivity contribution >= 4 is 17.4 Å². The van der Waals surface area contributed by atoms with Crippen LogP contribution in [0.5, 0.6) is 11.5 Å². The van der Waals surface area contributed by atoms with Gasteiger partial charge in [0.2, 0.25) is 0 Å². The monoisotopic (exact) mass is 373 g/mol. The highest BCUT2D eigenvalue weighted by atomic mass is 32.2. The van der Waals surface area contributed by atoms with E-state index >= 15 is 0 Å². The molecule has 134 valence electrons. The van der Waals surface area contributed by atoms with Crippen LogP contribution in [0.2, 0.25) is 0 Å². The van der Waals surface area contributed by atoms with Crippen LogP contribution in [-0.4, -0.2) is 9.97 Å². The second-order valence-electron chi connectivity index (χ2n) is 6.10. The molecular weight excluding hydrogens is 354 g/mol. The molecule has 0 aliphatic carbocycles. The van der Waals surface area contributed by atoms with Gasteiger partial charge in [-0.15, -0.1) is 11.8 Å². The normalized spacial score (nSPS) is 10.7. The number of rotatable bonds is 6. The fraction of sp³-hybridized carbons (Fsp3) is 0.0455.